The van der Waals surface area contributed by atoms with Gasteiger partial charge in [-0.1, -0.05) is 6.42 Å². The van der Waals surface area contributed by atoms with Crippen molar-refractivity contribution in [2.24, 2.45) is 17.8 Å². The van der Waals surface area contributed by atoms with E-state index in [1.54, 1.807) is 0 Å². The van der Waals surface area contributed by atoms with Crippen molar-refractivity contribution in [2.75, 3.05) is 28.4 Å². The highest BCUT2D eigenvalue weighted by Gasteiger charge is 2.55. The van der Waals surface area contributed by atoms with Crippen LogP contribution in [0, 0.1) is 17.8 Å². The van der Waals surface area contributed by atoms with E-state index >= 15 is 0 Å². The summed E-state index contributed by atoms with van der Waals surface area (Å²) in [6.07, 6.45) is 5.56. The van der Waals surface area contributed by atoms with Gasteiger partial charge in [-0.05, 0) is 62.0 Å². The van der Waals surface area contributed by atoms with Gasteiger partial charge in [-0.15, -0.1) is 0 Å². The van der Waals surface area contributed by atoms with Crippen LogP contribution >= 0.6 is 0 Å². The van der Waals surface area contributed by atoms with Gasteiger partial charge in [0, 0.05) is 18.7 Å². The molecule has 8 nitrogen and oxygen atoms in total. The zero-order valence-corrected chi connectivity index (χ0v) is 18.6. The molecule has 8 heteroatoms. The summed E-state index contributed by atoms with van der Waals surface area (Å²) < 4.78 is 10.9. The maximum absolute atomic E-state index is 13.4. The number of carbonyl (C=O) groups is 2. The Morgan fingerprint density at radius 3 is 2.39 bits per heavy atom. The van der Waals surface area contributed by atoms with E-state index in [1.165, 1.54) is 40.5 Å². The molecule has 0 spiro atoms. The van der Waals surface area contributed by atoms with Crippen molar-refractivity contribution < 1.29 is 29.0 Å². The van der Waals surface area contributed by atoms with Gasteiger partial charge in [-0.3, -0.25) is 14.4 Å². The topological polar surface area (TPSA) is 97.3 Å². The minimum atomic E-state index is -0.566. The molecule has 3 fully saturated rings. The van der Waals surface area contributed by atoms with Crippen LogP contribution in [-0.4, -0.2) is 62.0 Å². The summed E-state index contributed by atoms with van der Waals surface area (Å²) in [4.78, 5) is 30.9. The SMILES string of the molecule is COc1cc(C(=O)N(C)OC)cc(OC)c1C(=O)N[C@H]1C2CCC[C@@]3(O)CC1CC3C2. The number of nitrogens with one attached hydrogen (secondary N) is 1. The third-order valence-corrected chi connectivity index (χ3v) is 7.59. The van der Waals surface area contributed by atoms with Gasteiger partial charge < -0.3 is 19.9 Å². The maximum Gasteiger partial charge on any atom is 0.277 e. The lowest BCUT2D eigenvalue weighted by Crippen LogP contribution is -2.47. The first-order valence-corrected chi connectivity index (χ1v) is 10.9. The lowest BCUT2D eigenvalue weighted by molar-refractivity contribution is -0.0757. The molecule has 2 N–H and O–H groups in total. The van der Waals surface area contributed by atoms with E-state index in [-0.39, 0.29) is 40.8 Å². The fraction of sp³-hybridized carbons (Fsp3) is 0.652. The van der Waals surface area contributed by atoms with Crippen molar-refractivity contribution in [3.05, 3.63) is 23.3 Å². The van der Waals surface area contributed by atoms with Gasteiger partial charge in [-0.2, -0.15) is 0 Å². The number of rotatable bonds is 6. The summed E-state index contributed by atoms with van der Waals surface area (Å²) >= 11 is 0. The molecule has 5 atom stereocenters. The molecule has 0 aromatic heterocycles. The van der Waals surface area contributed by atoms with Crippen LogP contribution in [0.2, 0.25) is 0 Å². The predicted octanol–water partition coefficient (Wildman–Crippen LogP) is 2.40. The average Bonchev–Trinajstić information content (AvgIpc) is 2.96. The Hall–Kier alpha value is -2.32. The monoisotopic (exact) mass is 432 g/mol. The van der Waals surface area contributed by atoms with Gasteiger partial charge in [0.2, 0.25) is 0 Å². The van der Waals surface area contributed by atoms with E-state index in [9.17, 15) is 14.7 Å². The Bertz CT molecular complexity index is 847. The van der Waals surface area contributed by atoms with Gasteiger partial charge >= 0.3 is 0 Å². The molecule has 2 amide bonds. The number of nitrogens with zero attached hydrogens (tertiary/aromatic N) is 1. The maximum atomic E-state index is 13.4. The van der Waals surface area contributed by atoms with Crippen LogP contribution < -0.4 is 14.8 Å². The molecule has 3 aliphatic rings. The second-order valence-corrected chi connectivity index (χ2v) is 9.13. The van der Waals surface area contributed by atoms with Crippen LogP contribution in [0.25, 0.3) is 0 Å². The summed E-state index contributed by atoms with van der Waals surface area (Å²) in [5.41, 5.74) is -0.0000203. The molecular weight excluding hydrogens is 400 g/mol. The van der Waals surface area contributed by atoms with E-state index in [0.29, 0.717) is 17.4 Å². The Kier molecular flexibility index (Phi) is 5.87. The zero-order valence-electron chi connectivity index (χ0n) is 18.6. The number of amides is 2. The summed E-state index contributed by atoms with van der Waals surface area (Å²) in [6, 6.07) is 3.08. The summed E-state index contributed by atoms with van der Waals surface area (Å²) in [7, 11) is 5.83. The summed E-state index contributed by atoms with van der Waals surface area (Å²) in [6.45, 7) is 0. The molecule has 1 aromatic rings. The van der Waals surface area contributed by atoms with Crippen LogP contribution in [0.15, 0.2) is 12.1 Å². The van der Waals surface area contributed by atoms with Crippen LogP contribution in [0.5, 0.6) is 11.5 Å². The molecule has 3 aliphatic carbocycles. The third-order valence-electron chi connectivity index (χ3n) is 7.59. The van der Waals surface area contributed by atoms with Crippen molar-refractivity contribution in [1.29, 1.82) is 0 Å². The first kappa shape index (κ1) is 21.9. The first-order valence-electron chi connectivity index (χ1n) is 10.9. The molecular formula is C23H32N2O6. The number of hydrogen-bond donors (Lipinski definition) is 2. The summed E-state index contributed by atoms with van der Waals surface area (Å²) in [5, 5.41) is 15.4. The predicted molar refractivity (Wildman–Crippen MR) is 113 cm³/mol. The molecule has 31 heavy (non-hydrogen) atoms. The second kappa shape index (κ2) is 8.31. The number of hydroxylamine groups is 2. The van der Waals surface area contributed by atoms with Gasteiger partial charge in [0.15, 0.2) is 0 Å². The van der Waals surface area contributed by atoms with Crippen LogP contribution in [0.3, 0.4) is 0 Å². The number of ether oxygens (including phenoxy) is 2. The molecule has 3 unspecified atom stereocenters. The highest BCUT2D eigenvalue weighted by molar-refractivity contribution is 6.02. The Morgan fingerprint density at radius 1 is 1.13 bits per heavy atom. The van der Waals surface area contributed by atoms with E-state index in [0.717, 1.165) is 43.6 Å². The fourth-order valence-electron chi connectivity index (χ4n) is 6.03. The number of aliphatic hydroxyl groups is 1. The minimum Gasteiger partial charge on any atom is -0.496 e. The molecule has 1 aromatic carbocycles. The van der Waals surface area contributed by atoms with Gasteiger partial charge in [0.25, 0.3) is 11.8 Å². The van der Waals surface area contributed by atoms with Crippen LogP contribution in [-0.2, 0) is 4.84 Å². The second-order valence-electron chi connectivity index (χ2n) is 9.13. The molecule has 0 radical (unpaired) electrons. The van der Waals surface area contributed by atoms with Crippen LogP contribution in [0.1, 0.15) is 59.2 Å². The first-order chi connectivity index (χ1) is 14.8. The Morgan fingerprint density at radius 2 is 1.77 bits per heavy atom. The van der Waals surface area contributed by atoms with E-state index < -0.39 is 5.60 Å². The number of carbonyl (C=O) groups excluding carboxylic acids is 2. The average molecular weight is 433 g/mol. The number of benzene rings is 1. The molecule has 4 rings (SSSR count). The molecule has 0 saturated heterocycles. The minimum absolute atomic E-state index is 0.0217. The lowest BCUT2D eigenvalue weighted by atomic mass is 9.75. The standard InChI is InChI=1S/C23H32N2O6/c1-25(31-4)22(27)14-10-17(29-2)19(18(11-14)30-3)21(26)24-20-13-6-5-7-23(28)12-15(20)9-16(23)8-13/h10-11,13,15-16,20,28H,5-9,12H2,1-4H3,(H,24,26)/t13?,15?,16?,20-,23+/m0/s1. The number of hydrogen-bond acceptors (Lipinski definition) is 6. The highest BCUT2D eigenvalue weighted by atomic mass is 16.7. The number of methoxy groups -OCH3 is 2. The third kappa shape index (κ3) is 3.76. The highest BCUT2D eigenvalue weighted by Crippen LogP contribution is 2.55. The van der Waals surface area contributed by atoms with Crippen molar-refractivity contribution in [3.8, 4) is 11.5 Å². The van der Waals surface area contributed by atoms with Crippen molar-refractivity contribution >= 4 is 11.8 Å². The van der Waals surface area contributed by atoms with Gasteiger partial charge in [0.1, 0.15) is 17.1 Å². The normalized spacial score (nSPS) is 31.1. The van der Waals surface area contributed by atoms with E-state index in [4.69, 9.17) is 14.3 Å². The largest absolute Gasteiger partial charge is 0.496 e. The number of fused-ring (bicyclic) bond motifs is 2. The smallest absolute Gasteiger partial charge is 0.277 e. The van der Waals surface area contributed by atoms with Crippen molar-refractivity contribution in [3.63, 3.8) is 0 Å². The van der Waals surface area contributed by atoms with Gasteiger partial charge in [-0.25, -0.2) is 5.06 Å². The van der Waals surface area contributed by atoms with Crippen molar-refractivity contribution in [2.45, 2.75) is 50.2 Å². The quantitative estimate of drug-likeness (QED) is 0.670. The van der Waals surface area contributed by atoms with Gasteiger partial charge in [0.05, 0.1) is 26.9 Å². The molecule has 3 saturated carbocycles. The molecule has 0 aliphatic heterocycles. The fourth-order valence-corrected chi connectivity index (χ4v) is 6.03. The molecule has 0 heterocycles. The van der Waals surface area contributed by atoms with E-state index in [1.807, 2.05) is 0 Å². The van der Waals surface area contributed by atoms with E-state index in [2.05, 4.69) is 5.32 Å². The lowest BCUT2D eigenvalue weighted by Gasteiger charge is -2.37. The van der Waals surface area contributed by atoms with Crippen LogP contribution in [0.4, 0.5) is 0 Å². The Labute approximate surface area is 182 Å². The Balaban J connectivity index is 1.62. The molecule has 170 valence electrons. The zero-order chi connectivity index (χ0) is 22.3. The summed E-state index contributed by atoms with van der Waals surface area (Å²) in [5.74, 6) is 0.887. The van der Waals surface area contributed by atoms with Crippen molar-refractivity contribution in [1.82, 2.24) is 10.4 Å². The molecule has 3 bridgehead atoms.